The van der Waals surface area contributed by atoms with Gasteiger partial charge in [-0.1, -0.05) is 25.5 Å². The quantitative estimate of drug-likeness (QED) is 0.840. The van der Waals surface area contributed by atoms with Crippen LogP contribution in [0.1, 0.15) is 38.2 Å². The Morgan fingerprint density at radius 2 is 2.00 bits per heavy atom. The van der Waals surface area contributed by atoms with E-state index in [4.69, 9.17) is 5.73 Å². The Bertz CT molecular complexity index is 448. The van der Waals surface area contributed by atoms with Crippen LogP contribution >= 0.6 is 12.4 Å². The molecule has 0 spiro atoms. The van der Waals surface area contributed by atoms with Crippen molar-refractivity contribution in [2.75, 3.05) is 6.54 Å². The number of hydrogen-bond acceptors (Lipinski definition) is 2. The van der Waals surface area contributed by atoms with Crippen LogP contribution in [-0.4, -0.2) is 23.4 Å². The zero-order chi connectivity index (χ0) is 14.5. The van der Waals surface area contributed by atoms with Crippen LogP contribution in [0.25, 0.3) is 0 Å². The van der Waals surface area contributed by atoms with Crippen molar-refractivity contribution in [3.8, 4) is 0 Å². The van der Waals surface area contributed by atoms with E-state index in [0.717, 1.165) is 18.5 Å². The minimum absolute atomic E-state index is 0. The molecule has 2 N–H and O–H groups in total. The molecule has 1 amide bonds. The first-order chi connectivity index (χ1) is 9.60. The van der Waals surface area contributed by atoms with Gasteiger partial charge in [-0.05, 0) is 42.9 Å². The van der Waals surface area contributed by atoms with E-state index in [0.29, 0.717) is 18.9 Å². The van der Waals surface area contributed by atoms with Crippen molar-refractivity contribution in [1.29, 1.82) is 0 Å². The minimum atomic E-state index is -0.417. The summed E-state index contributed by atoms with van der Waals surface area (Å²) in [5.41, 5.74) is 6.90. The van der Waals surface area contributed by atoms with Crippen LogP contribution in [0.3, 0.4) is 0 Å². The summed E-state index contributed by atoms with van der Waals surface area (Å²) in [7, 11) is 0. The highest BCUT2D eigenvalue weighted by Gasteiger charge is 2.28. The molecule has 3 nitrogen and oxygen atoms in total. The first kappa shape index (κ1) is 17.9. The normalized spacial score (nSPS) is 15.2. The zero-order valence-corrected chi connectivity index (χ0v) is 13.2. The lowest BCUT2D eigenvalue weighted by Gasteiger charge is -2.26. The van der Waals surface area contributed by atoms with Crippen molar-refractivity contribution in [2.45, 2.75) is 45.2 Å². The lowest BCUT2D eigenvalue weighted by molar-refractivity contribution is -0.133. The molecule has 0 radical (unpaired) electrons. The molecule has 1 aliphatic carbocycles. The lowest BCUT2D eigenvalue weighted by atomic mass is 10.1. The van der Waals surface area contributed by atoms with Crippen molar-refractivity contribution >= 4 is 18.3 Å². The van der Waals surface area contributed by atoms with Gasteiger partial charge in [0, 0.05) is 13.1 Å². The average molecular weight is 315 g/mol. The van der Waals surface area contributed by atoms with E-state index in [1.54, 1.807) is 12.1 Å². The van der Waals surface area contributed by atoms with E-state index < -0.39 is 6.04 Å². The van der Waals surface area contributed by atoms with Gasteiger partial charge in [0.15, 0.2) is 0 Å². The molecule has 118 valence electrons. The van der Waals surface area contributed by atoms with Crippen molar-refractivity contribution in [2.24, 2.45) is 11.7 Å². The fourth-order valence-electron chi connectivity index (χ4n) is 2.32. The number of rotatable bonds is 7. The van der Waals surface area contributed by atoms with E-state index in [2.05, 4.69) is 0 Å². The van der Waals surface area contributed by atoms with Gasteiger partial charge < -0.3 is 10.6 Å². The Kier molecular flexibility index (Phi) is 7.12. The van der Waals surface area contributed by atoms with Gasteiger partial charge in [-0.25, -0.2) is 4.39 Å². The molecule has 21 heavy (non-hydrogen) atoms. The number of halogens is 2. The standard InChI is InChI=1S/C16H23FN2O.ClH/c1-2-3-15(18)16(20)19(10-12-4-5-12)11-13-6-8-14(17)9-7-13;/h6-9,12,15H,2-5,10-11,18H2,1H3;1H. The molecule has 0 bridgehead atoms. The third kappa shape index (κ3) is 5.64. The summed E-state index contributed by atoms with van der Waals surface area (Å²) in [6.07, 6.45) is 4.00. The van der Waals surface area contributed by atoms with Crippen LogP contribution in [0.5, 0.6) is 0 Å². The molecular formula is C16H24ClFN2O. The minimum Gasteiger partial charge on any atom is -0.337 e. The molecule has 1 aliphatic rings. The van der Waals surface area contributed by atoms with E-state index >= 15 is 0 Å². The highest BCUT2D eigenvalue weighted by atomic mass is 35.5. The fraction of sp³-hybridized carbons (Fsp3) is 0.562. The topological polar surface area (TPSA) is 46.3 Å². The van der Waals surface area contributed by atoms with Crippen LogP contribution in [0.15, 0.2) is 24.3 Å². The van der Waals surface area contributed by atoms with Crippen LogP contribution in [-0.2, 0) is 11.3 Å². The first-order valence-corrected chi connectivity index (χ1v) is 7.39. The Hall–Kier alpha value is -1.13. The van der Waals surface area contributed by atoms with Crippen molar-refractivity contribution in [3.63, 3.8) is 0 Å². The maximum Gasteiger partial charge on any atom is 0.239 e. The molecule has 0 aromatic heterocycles. The van der Waals surface area contributed by atoms with Crippen molar-refractivity contribution < 1.29 is 9.18 Å². The Morgan fingerprint density at radius 3 is 2.52 bits per heavy atom. The second-order valence-electron chi connectivity index (χ2n) is 5.68. The van der Waals surface area contributed by atoms with Gasteiger partial charge in [0.1, 0.15) is 5.82 Å². The molecule has 5 heteroatoms. The average Bonchev–Trinajstić information content (AvgIpc) is 3.24. The number of amides is 1. The van der Waals surface area contributed by atoms with Crippen molar-refractivity contribution in [3.05, 3.63) is 35.6 Å². The van der Waals surface area contributed by atoms with Crippen molar-refractivity contribution in [1.82, 2.24) is 4.90 Å². The summed E-state index contributed by atoms with van der Waals surface area (Å²) in [6, 6.07) is 5.91. The molecule has 1 aromatic rings. The van der Waals surface area contributed by atoms with Gasteiger partial charge in [-0.3, -0.25) is 4.79 Å². The number of nitrogens with two attached hydrogens (primary N) is 1. The number of carbonyl (C=O) groups excluding carboxylic acids is 1. The highest BCUT2D eigenvalue weighted by Crippen LogP contribution is 2.30. The van der Waals surface area contributed by atoms with Gasteiger partial charge >= 0.3 is 0 Å². The molecule has 2 rings (SSSR count). The first-order valence-electron chi connectivity index (χ1n) is 7.39. The second kappa shape index (κ2) is 8.35. The number of hydrogen-bond donors (Lipinski definition) is 1. The summed E-state index contributed by atoms with van der Waals surface area (Å²) in [6.45, 7) is 3.32. The lowest BCUT2D eigenvalue weighted by Crippen LogP contribution is -2.44. The predicted octanol–water partition coefficient (Wildman–Crippen LogP) is 3.11. The number of carbonyl (C=O) groups is 1. The molecule has 0 heterocycles. The Morgan fingerprint density at radius 1 is 1.38 bits per heavy atom. The van der Waals surface area contributed by atoms with Gasteiger partial charge in [0.05, 0.1) is 6.04 Å². The summed E-state index contributed by atoms with van der Waals surface area (Å²) < 4.78 is 12.9. The van der Waals surface area contributed by atoms with E-state index in [-0.39, 0.29) is 24.1 Å². The molecule has 1 unspecified atom stereocenters. The van der Waals surface area contributed by atoms with E-state index in [1.165, 1.54) is 25.0 Å². The fourth-order valence-corrected chi connectivity index (χ4v) is 2.32. The third-order valence-corrected chi connectivity index (χ3v) is 3.69. The highest BCUT2D eigenvalue weighted by molar-refractivity contribution is 5.85. The summed E-state index contributed by atoms with van der Waals surface area (Å²) in [5.74, 6) is 0.382. The SMILES string of the molecule is CCCC(N)C(=O)N(Cc1ccc(F)cc1)CC1CC1.Cl. The summed E-state index contributed by atoms with van der Waals surface area (Å²) >= 11 is 0. The second-order valence-corrected chi connectivity index (χ2v) is 5.68. The monoisotopic (exact) mass is 314 g/mol. The third-order valence-electron chi connectivity index (χ3n) is 3.69. The van der Waals surface area contributed by atoms with Gasteiger partial charge in [0.25, 0.3) is 0 Å². The Labute approximate surface area is 132 Å². The zero-order valence-electron chi connectivity index (χ0n) is 12.4. The van der Waals surface area contributed by atoms with E-state index in [1.807, 2.05) is 11.8 Å². The number of benzene rings is 1. The molecule has 0 saturated heterocycles. The molecule has 1 fully saturated rings. The molecular weight excluding hydrogens is 291 g/mol. The smallest absolute Gasteiger partial charge is 0.239 e. The van der Waals surface area contributed by atoms with Gasteiger partial charge in [-0.15, -0.1) is 12.4 Å². The summed E-state index contributed by atoms with van der Waals surface area (Å²) in [4.78, 5) is 14.2. The predicted molar refractivity (Wildman–Crippen MR) is 84.7 cm³/mol. The van der Waals surface area contributed by atoms with Crippen LogP contribution in [0.2, 0.25) is 0 Å². The van der Waals surface area contributed by atoms with Crippen LogP contribution < -0.4 is 5.73 Å². The van der Waals surface area contributed by atoms with Crippen LogP contribution in [0.4, 0.5) is 4.39 Å². The van der Waals surface area contributed by atoms with Gasteiger partial charge in [0.2, 0.25) is 5.91 Å². The largest absolute Gasteiger partial charge is 0.337 e. The summed E-state index contributed by atoms with van der Waals surface area (Å²) in [5, 5.41) is 0. The number of nitrogens with zero attached hydrogens (tertiary/aromatic N) is 1. The molecule has 1 saturated carbocycles. The molecule has 0 aliphatic heterocycles. The van der Waals surface area contributed by atoms with Crippen LogP contribution in [0, 0.1) is 11.7 Å². The maximum atomic E-state index is 12.9. The van der Waals surface area contributed by atoms with Gasteiger partial charge in [-0.2, -0.15) is 0 Å². The maximum absolute atomic E-state index is 12.9. The molecule has 1 aromatic carbocycles. The van der Waals surface area contributed by atoms with E-state index in [9.17, 15) is 9.18 Å². The Balaban J connectivity index is 0.00000220. The molecule has 1 atom stereocenters.